The Morgan fingerprint density at radius 1 is 1.53 bits per heavy atom. The van der Waals surface area contributed by atoms with E-state index in [9.17, 15) is 4.79 Å². The van der Waals surface area contributed by atoms with E-state index in [1.54, 1.807) is 4.68 Å². The van der Waals surface area contributed by atoms with Gasteiger partial charge in [-0.1, -0.05) is 23.7 Å². The van der Waals surface area contributed by atoms with E-state index in [4.69, 9.17) is 9.26 Å². The third-order valence-electron chi connectivity index (χ3n) is 2.69. The third kappa shape index (κ3) is 2.81. The Bertz CT molecular complexity index is 573. The van der Waals surface area contributed by atoms with Gasteiger partial charge in [-0.3, -0.25) is 0 Å². The van der Waals surface area contributed by atoms with Crippen molar-refractivity contribution in [3.63, 3.8) is 0 Å². The molecule has 0 fully saturated rings. The van der Waals surface area contributed by atoms with Crippen LogP contribution in [0.25, 0.3) is 0 Å². The van der Waals surface area contributed by atoms with Crippen molar-refractivity contribution in [2.45, 2.75) is 33.2 Å². The fourth-order valence-corrected chi connectivity index (χ4v) is 1.85. The lowest BCUT2D eigenvalue weighted by Crippen LogP contribution is -2.10. The van der Waals surface area contributed by atoms with Crippen LogP contribution in [0.1, 0.15) is 41.0 Å². The van der Waals surface area contributed by atoms with Crippen molar-refractivity contribution in [3.05, 3.63) is 28.9 Å². The van der Waals surface area contributed by atoms with Crippen molar-refractivity contribution < 1.29 is 14.1 Å². The number of carbonyl (C=O) groups is 1. The van der Waals surface area contributed by atoms with E-state index in [-0.39, 0.29) is 5.69 Å². The van der Waals surface area contributed by atoms with Gasteiger partial charge in [0.15, 0.2) is 5.69 Å². The lowest BCUT2D eigenvalue weighted by Gasteiger charge is -2.04. The minimum atomic E-state index is -0.467. The van der Waals surface area contributed by atoms with Crippen LogP contribution in [0.3, 0.4) is 0 Å². The second-order valence-corrected chi connectivity index (χ2v) is 4.21. The Balaban J connectivity index is 2.29. The van der Waals surface area contributed by atoms with Crippen LogP contribution in [-0.4, -0.2) is 33.2 Å². The topological polar surface area (TPSA) is 83.0 Å². The van der Waals surface area contributed by atoms with Crippen molar-refractivity contribution in [2.24, 2.45) is 0 Å². The molecule has 0 bridgehead atoms. The molecular formula is C12H16N4O3. The maximum atomic E-state index is 11.6. The Morgan fingerprint density at radius 2 is 2.32 bits per heavy atom. The Hall–Kier alpha value is -2.18. The summed E-state index contributed by atoms with van der Waals surface area (Å²) in [5, 5.41) is 11.8. The highest BCUT2D eigenvalue weighted by Gasteiger charge is 2.20. The van der Waals surface area contributed by atoms with E-state index in [1.165, 1.54) is 7.11 Å². The first-order chi connectivity index (χ1) is 9.15. The number of rotatable bonds is 5. The number of ether oxygens (including phenoxy) is 1. The summed E-state index contributed by atoms with van der Waals surface area (Å²) in [6.45, 7) is 4.28. The van der Waals surface area contributed by atoms with Crippen LogP contribution in [0, 0.1) is 6.92 Å². The Labute approximate surface area is 110 Å². The van der Waals surface area contributed by atoms with Gasteiger partial charge in [-0.05, 0) is 13.3 Å². The number of esters is 1. The van der Waals surface area contributed by atoms with Gasteiger partial charge in [0.2, 0.25) is 0 Å². The highest BCUT2D eigenvalue weighted by atomic mass is 16.5. The molecule has 0 amide bonds. The number of methoxy groups -OCH3 is 1. The lowest BCUT2D eigenvalue weighted by molar-refractivity contribution is 0.0592. The predicted molar refractivity (Wildman–Crippen MR) is 65.7 cm³/mol. The SMILES string of the molecule is CCCc1c(C(=O)OC)nnn1Cc1cc(C)on1. The van der Waals surface area contributed by atoms with Crippen molar-refractivity contribution >= 4 is 5.97 Å². The molecule has 2 aromatic rings. The van der Waals surface area contributed by atoms with Crippen molar-refractivity contribution in [1.29, 1.82) is 0 Å². The average Bonchev–Trinajstić information content (AvgIpc) is 2.97. The lowest BCUT2D eigenvalue weighted by atomic mass is 10.2. The second-order valence-electron chi connectivity index (χ2n) is 4.21. The monoisotopic (exact) mass is 264 g/mol. The molecular weight excluding hydrogens is 248 g/mol. The predicted octanol–water partition coefficient (Wildman–Crippen LogP) is 1.36. The molecule has 0 N–H and O–H groups in total. The van der Waals surface area contributed by atoms with Crippen molar-refractivity contribution in [2.75, 3.05) is 7.11 Å². The highest BCUT2D eigenvalue weighted by Crippen LogP contribution is 2.12. The summed E-state index contributed by atoms with van der Waals surface area (Å²) >= 11 is 0. The summed E-state index contributed by atoms with van der Waals surface area (Å²) in [6, 6.07) is 1.83. The van der Waals surface area contributed by atoms with Gasteiger partial charge in [-0.25, -0.2) is 9.48 Å². The fourth-order valence-electron chi connectivity index (χ4n) is 1.85. The summed E-state index contributed by atoms with van der Waals surface area (Å²) in [5.41, 5.74) is 1.77. The minimum Gasteiger partial charge on any atom is -0.464 e. The van der Waals surface area contributed by atoms with E-state index in [1.807, 2.05) is 19.9 Å². The van der Waals surface area contributed by atoms with Gasteiger partial charge in [0, 0.05) is 6.07 Å². The van der Waals surface area contributed by atoms with Crippen LogP contribution >= 0.6 is 0 Å². The van der Waals surface area contributed by atoms with Gasteiger partial charge in [0.05, 0.1) is 19.3 Å². The molecule has 0 radical (unpaired) electrons. The molecule has 19 heavy (non-hydrogen) atoms. The molecule has 2 heterocycles. The Kier molecular flexibility index (Phi) is 3.94. The summed E-state index contributed by atoms with van der Waals surface area (Å²) in [4.78, 5) is 11.6. The molecule has 0 aliphatic rings. The average molecular weight is 264 g/mol. The van der Waals surface area contributed by atoms with Gasteiger partial charge in [-0.15, -0.1) is 5.10 Å². The summed E-state index contributed by atoms with van der Waals surface area (Å²) in [7, 11) is 1.33. The molecule has 0 aromatic carbocycles. The van der Waals surface area contributed by atoms with Gasteiger partial charge in [0.1, 0.15) is 11.5 Å². The van der Waals surface area contributed by atoms with Gasteiger partial charge in [0.25, 0.3) is 0 Å². The van der Waals surface area contributed by atoms with E-state index in [0.29, 0.717) is 13.0 Å². The van der Waals surface area contributed by atoms with Crippen LogP contribution in [0.5, 0.6) is 0 Å². The Morgan fingerprint density at radius 3 is 2.89 bits per heavy atom. The summed E-state index contributed by atoms with van der Waals surface area (Å²) in [6.07, 6.45) is 1.59. The number of hydrogen-bond donors (Lipinski definition) is 0. The van der Waals surface area contributed by atoms with Crippen LogP contribution in [0.4, 0.5) is 0 Å². The van der Waals surface area contributed by atoms with Gasteiger partial charge >= 0.3 is 5.97 Å². The maximum absolute atomic E-state index is 11.6. The molecule has 0 atom stereocenters. The molecule has 0 saturated heterocycles. The minimum absolute atomic E-state index is 0.268. The molecule has 102 valence electrons. The second kappa shape index (κ2) is 5.64. The van der Waals surface area contributed by atoms with Crippen molar-refractivity contribution in [1.82, 2.24) is 20.2 Å². The summed E-state index contributed by atoms with van der Waals surface area (Å²) < 4.78 is 11.4. The van der Waals surface area contributed by atoms with E-state index in [2.05, 4.69) is 15.5 Å². The van der Waals surface area contributed by atoms with E-state index >= 15 is 0 Å². The molecule has 7 heteroatoms. The van der Waals surface area contributed by atoms with Gasteiger partial charge < -0.3 is 9.26 Å². The molecule has 7 nitrogen and oxygen atoms in total. The van der Waals surface area contributed by atoms with Crippen molar-refractivity contribution in [3.8, 4) is 0 Å². The van der Waals surface area contributed by atoms with E-state index < -0.39 is 5.97 Å². The number of aromatic nitrogens is 4. The fraction of sp³-hybridized carbons (Fsp3) is 0.500. The van der Waals surface area contributed by atoms with Crippen LogP contribution in [-0.2, 0) is 17.7 Å². The largest absolute Gasteiger partial charge is 0.464 e. The normalized spacial score (nSPS) is 10.7. The maximum Gasteiger partial charge on any atom is 0.360 e. The zero-order valence-electron chi connectivity index (χ0n) is 11.2. The van der Waals surface area contributed by atoms with Crippen LogP contribution in [0.15, 0.2) is 10.6 Å². The first-order valence-corrected chi connectivity index (χ1v) is 6.08. The zero-order chi connectivity index (χ0) is 13.8. The van der Waals surface area contributed by atoms with Crippen LogP contribution < -0.4 is 0 Å². The highest BCUT2D eigenvalue weighted by molar-refractivity contribution is 5.88. The zero-order valence-corrected chi connectivity index (χ0v) is 11.2. The van der Waals surface area contributed by atoms with Crippen LogP contribution in [0.2, 0.25) is 0 Å². The van der Waals surface area contributed by atoms with Gasteiger partial charge in [-0.2, -0.15) is 0 Å². The molecule has 2 aromatic heterocycles. The number of aryl methyl sites for hydroxylation is 1. The molecule has 0 aliphatic heterocycles. The number of carbonyl (C=O) groups excluding carboxylic acids is 1. The van der Waals surface area contributed by atoms with E-state index in [0.717, 1.165) is 23.6 Å². The standard InChI is InChI=1S/C12H16N4O3/c1-4-5-10-11(12(17)18-3)13-15-16(10)7-9-6-8(2)19-14-9/h6H,4-5,7H2,1-3H3. The number of hydrogen-bond acceptors (Lipinski definition) is 6. The number of nitrogens with zero attached hydrogens (tertiary/aromatic N) is 4. The molecule has 0 spiro atoms. The molecule has 0 unspecified atom stereocenters. The molecule has 0 saturated carbocycles. The smallest absolute Gasteiger partial charge is 0.360 e. The first-order valence-electron chi connectivity index (χ1n) is 6.08. The summed E-state index contributed by atoms with van der Waals surface area (Å²) in [5.74, 6) is 0.270. The molecule has 0 aliphatic carbocycles. The first kappa shape index (κ1) is 13.3. The quantitative estimate of drug-likeness (QED) is 0.758. The molecule has 2 rings (SSSR count). The third-order valence-corrected chi connectivity index (χ3v) is 2.69.